The van der Waals surface area contributed by atoms with Crippen molar-refractivity contribution in [2.24, 2.45) is 17.1 Å². The van der Waals surface area contributed by atoms with E-state index in [1.54, 1.807) is 0 Å². The van der Waals surface area contributed by atoms with Crippen LogP contribution in [0.25, 0.3) is 10.1 Å². The maximum atomic E-state index is 6.61. The number of nitrogens with two attached hydrogens (primary N) is 1. The second kappa shape index (κ2) is 4.36. The maximum absolute atomic E-state index is 6.61. The van der Waals surface area contributed by atoms with Crippen molar-refractivity contribution < 1.29 is 0 Å². The van der Waals surface area contributed by atoms with Crippen LogP contribution in [-0.2, 0) is 0 Å². The summed E-state index contributed by atoms with van der Waals surface area (Å²) in [4.78, 5) is 0. The van der Waals surface area contributed by atoms with Crippen molar-refractivity contribution in [3.8, 4) is 0 Å². The standard InChI is InChI=1S/C16H21NS/c1-16(2)9-4-7-13(16)14(17)12-6-3-5-11-8-10-18-15(11)12/h3,5-6,8,10,13-14H,4,7,9,17H2,1-2H3. The fourth-order valence-electron chi connectivity index (χ4n) is 3.51. The number of hydrogen-bond donors (Lipinski definition) is 1. The largest absolute Gasteiger partial charge is 0.324 e. The zero-order chi connectivity index (χ0) is 12.8. The van der Waals surface area contributed by atoms with Crippen LogP contribution in [0.15, 0.2) is 29.6 Å². The minimum Gasteiger partial charge on any atom is -0.324 e. The molecular weight excluding hydrogens is 238 g/mol. The van der Waals surface area contributed by atoms with Gasteiger partial charge in [-0.3, -0.25) is 0 Å². The Morgan fingerprint density at radius 3 is 2.89 bits per heavy atom. The SMILES string of the molecule is CC1(C)CCCC1C(N)c1cccc2ccsc12. The molecular formula is C16H21NS. The van der Waals surface area contributed by atoms with Crippen LogP contribution in [0.4, 0.5) is 0 Å². The van der Waals surface area contributed by atoms with Gasteiger partial charge in [0.25, 0.3) is 0 Å². The first-order valence-corrected chi connectivity index (χ1v) is 7.69. The van der Waals surface area contributed by atoms with Crippen LogP contribution in [0.5, 0.6) is 0 Å². The Labute approximate surface area is 113 Å². The zero-order valence-corrected chi connectivity index (χ0v) is 12.0. The summed E-state index contributed by atoms with van der Waals surface area (Å²) in [6, 6.07) is 8.92. The van der Waals surface area contributed by atoms with E-state index in [0.29, 0.717) is 11.3 Å². The Morgan fingerprint density at radius 1 is 1.33 bits per heavy atom. The summed E-state index contributed by atoms with van der Waals surface area (Å²) in [6.07, 6.45) is 3.91. The van der Waals surface area contributed by atoms with E-state index in [2.05, 4.69) is 43.5 Å². The highest BCUT2D eigenvalue weighted by atomic mass is 32.1. The van der Waals surface area contributed by atoms with Crippen LogP contribution in [-0.4, -0.2) is 0 Å². The molecule has 1 aromatic heterocycles. The van der Waals surface area contributed by atoms with Crippen molar-refractivity contribution in [1.82, 2.24) is 0 Å². The molecule has 1 saturated carbocycles. The van der Waals surface area contributed by atoms with E-state index in [0.717, 1.165) is 0 Å². The van der Waals surface area contributed by atoms with Crippen molar-refractivity contribution in [3.05, 3.63) is 35.2 Å². The van der Waals surface area contributed by atoms with Crippen molar-refractivity contribution >= 4 is 21.4 Å². The maximum Gasteiger partial charge on any atom is 0.0390 e. The lowest BCUT2D eigenvalue weighted by Gasteiger charge is -2.32. The molecule has 0 radical (unpaired) electrons. The van der Waals surface area contributed by atoms with Gasteiger partial charge >= 0.3 is 0 Å². The summed E-state index contributed by atoms with van der Waals surface area (Å²) in [5, 5.41) is 3.50. The Hall–Kier alpha value is -0.860. The Balaban J connectivity index is 2.01. The average Bonchev–Trinajstić information content (AvgIpc) is 2.93. The molecule has 0 amide bonds. The summed E-state index contributed by atoms with van der Waals surface area (Å²) in [5.41, 5.74) is 8.35. The van der Waals surface area contributed by atoms with Crippen LogP contribution < -0.4 is 5.73 Å². The van der Waals surface area contributed by atoms with Crippen LogP contribution in [0.1, 0.15) is 44.7 Å². The van der Waals surface area contributed by atoms with E-state index in [9.17, 15) is 0 Å². The molecule has 0 spiro atoms. The molecule has 0 bridgehead atoms. The van der Waals surface area contributed by atoms with Gasteiger partial charge in [-0.2, -0.15) is 0 Å². The van der Waals surface area contributed by atoms with Crippen molar-refractivity contribution in [3.63, 3.8) is 0 Å². The van der Waals surface area contributed by atoms with Gasteiger partial charge in [0.2, 0.25) is 0 Å². The number of benzene rings is 1. The van der Waals surface area contributed by atoms with E-state index in [4.69, 9.17) is 5.73 Å². The minimum absolute atomic E-state index is 0.185. The highest BCUT2D eigenvalue weighted by Gasteiger charge is 2.39. The summed E-state index contributed by atoms with van der Waals surface area (Å²) in [6.45, 7) is 4.75. The van der Waals surface area contributed by atoms with Gasteiger partial charge in [-0.25, -0.2) is 0 Å². The number of rotatable bonds is 2. The number of hydrogen-bond acceptors (Lipinski definition) is 2. The molecule has 1 nitrogen and oxygen atoms in total. The smallest absolute Gasteiger partial charge is 0.0390 e. The van der Waals surface area contributed by atoms with E-state index in [-0.39, 0.29) is 6.04 Å². The van der Waals surface area contributed by atoms with Gasteiger partial charge in [0.15, 0.2) is 0 Å². The van der Waals surface area contributed by atoms with Crippen molar-refractivity contribution in [1.29, 1.82) is 0 Å². The highest BCUT2D eigenvalue weighted by molar-refractivity contribution is 7.17. The van der Waals surface area contributed by atoms with Gasteiger partial charge in [0.1, 0.15) is 0 Å². The minimum atomic E-state index is 0.185. The monoisotopic (exact) mass is 259 g/mol. The third-order valence-corrected chi connectivity index (χ3v) is 5.62. The molecule has 1 aliphatic carbocycles. The molecule has 96 valence electrons. The van der Waals surface area contributed by atoms with E-state index in [1.807, 2.05) is 11.3 Å². The Kier molecular flexibility index (Phi) is 2.95. The van der Waals surface area contributed by atoms with Crippen LogP contribution >= 0.6 is 11.3 Å². The van der Waals surface area contributed by atoms with Gasteiger partial charge in [0, 0.05) is 10.7 Å². The highest BCUT2D eigenvalue weighted by Crippen LogP contribution is 2.48. The summed E-state index contributed by atoms with van der Waals surface area (Å²) >= 11 is 1.82. The molecule has 1 heterocycles. The van der Waals surface area contributed by atoms with E-state index < -0.39 is 0 Å². The average molecular weight is 259 g/mol. The second-order valence-electron chi connectivity index (χ2n) is 6.20. The van der Waals surface area contributed by atoms with Crippen LogP contribution in [0.2, 0.25) is 0 Å². The molecule has 1 aliphatic rings. The number of thiophene rings is 1. The second-order valence-corrected chi connectivity index (χ2v) is 7.12. The molecule has 18 heavy (non-hydrogen) atoms. The topological polar surface area (TPSA) is 26.0 Å². The fraction of sp³-hybridized carbons (Fsp3) is 0.500. The first-order chi connectivity index (χ1) is 8.59. The quantitative estimate of drug-likeness (QED) is 0.829. The molecule has 1 fully saturated rings. The zero-order valence-electron chi connectivity index (χ0n) is 11.1. The predicted octanol–water partition coefficient (Wildman–Crippen LogP) is 4.73. The molecule has 2 aromatic rings. The van der Waals surface area contributed by atoms with E-state index >= 15 is 0 Å². The predicted molar refractivity (Wildman–Crippen MR) is 79.9 cm³/mol. The third-order valence-electron chi connectivity index (χ3n) is 4.64. The fourth-order valence-corrected chi connectivity index (χ4v) is 4.48. The molecule has 2 heteroatoms. The molecule has 0 aliphatic heterocycles. The summed E-state index contributed by atoms with van der Waals surface area (Å²) in [7, 11) is 0. The van der Waals surface area contributed by atoms with Crippen molar-refractivity contribution in [2.75, 3.05) is 0 Å². The molecule has 1 aromatic carbocycles. The van der Waals surface area contributed by atoms with Gasteiger partial charge in [0.05, 0.1) is 0 Å². The first kappa shape index (κ1) is 12.2. The van der Waals surface area contributed by atoms with Crippen LogP contribution in [0.3, 0.4) is 0 Å². The van der Waals surface area contributed by atoms with Gasteiger partial charge in [-0.15, -0.1) is 11.3 Å². The summed E-state index contributed by atoms with van der Waals surface area (Å²) in [5.74, 6) is 0.616. The molecule has 2 atom stereocenters. The van der Waals surface area contributed by atoms with Crippen LogP contribution in [0, 0.1) is 11.3 Å². The normalized spacial score (nSPS) is 24.5. The van der Waals surface area contributed by atoms with E-state index in [1.165, 1.54) is 34.9 Å². The van der Waals surface area contributed by atoms with Crippen molar-refractivity contribution in [2.45, 2.75) is 39.2 Å². The first-order valence-electron chi connectivity index (χ1n) is 6.81. The van der Waals surface area contributed by atoms with Gasteiger partial charge in [-0.05, 0) is 46.6 Å². The number of fused-ring (bicyclic) bond motifs is 1. The lowest BCUT2D eigenvalue weighted by atomic mass is 9.76. The Morgan fingerprint density at radius 2 is 2.17 bits per heavy atom. The molecule has 3 rings (SSSR count). The van der Waals surface area contributed by atoms with Gasteiger partial charge < -0.3 is 5.73 Å². The lowest BCUT2D eigenvalue weighted by Crippen LogP contribution is -2.29. The molecule has 2 N–H and O–H groups in total. The molecule has 0 saturated heterocycles. The van der Waals surface area contributed by atoms with Gasteiger partial charge in [-0.1, -0.05) is 38.5 Å². The summed E-state index contributed by atoms with van der Waals surface area (Å²) < 4.78 is 1.38. The lowest BCUT2D eigenvalue weighted by molar-refractivity contribution is 0.223. The molecule has 2 unspecified atom stereocenters. The third kappa shape index (κ3) is 1.88. The Bertz CT molecular complexity index is 555.